The minimum atomic E-state index is -0.109. The topological polar surface area (TPSA) is 43.9 Å². The van der Waals surface area contributed by atoms with Gasteiger partial charge in [0.1, 0.15) is 0 Å². The van der Waals surface area contributed by atoms with Gasteiger partial charge in [-0.2, -0.15) is 0 Å². The first-order chi connectivity index (χ1) is 9.17. The fourth-order valence-corrected chi connectivity index (χ4v) is 2.83. The lowest BCUT2D eigenvalue weighted by Gasteiger charge is -2.35. The number of imide groups is 1. The van der Waals surface area contributed by atoms with E-state index >= 15 is 0 Å². The summed E-state index contributed by atoms with van der Waals surface area (Å²) in [6.07, 6.45) is 7.59. The first-order valence-corrected chi connectivity index (χ1v) is 6.94. The number of hydrogen-bond donors (Lipinski definition) is 0. The molecule has 0 spiro atoms. The molecule has 2 aliphatic heterocycles. The summed E-state index contributed by atoms with van der Waals surface area (Å²) in [5.74, 6) is 2.58. The molecule has 0 unspecified atom stereocenters. The highest BCUT2D eigenvalue weighted by Crippen LogP contribution is 2.21. The maximum atomic E-state index is 12.2. The minimum absolute atomic E-state index is 0.0720. The predicted molar refractivity (Wildman–Crippen MR) is 72.4 cm³/mol. The number of carbonyl (C=O) groups is 2. The minimum Gasteiger partial charge on any atom is -0.319 e. The molecule has 0 aromatic heterocycles. The summed E-state index contributed by atoms with van der Waals surface area (Å²) in [6, 6.07) is 0.151. The largest absolute Gasteiger partial charge is 0.327 e. The summed E-state index contributed by atoms with van der Waals surface area (Å²) in [4.78, 5) is 29.3. The van der Waals surface area contributed by atoms with E-state index in [0.29, 0.717) is 26.1 Å². The van der Waals surface area contributed by atoms with Crippen LogP contribution in [0.15, 0.2) is 0 Å². The average molecular weight is 263 g/mol. The summed E-state index contributed by atoms with van der Waals surface area (Å²) in [6.45, 7) is 5.54. The number of terminal acetylenes is 1. The van der Waals surface area contributed by atoms with Gasteiger partial charge in [0.15, 0.2) is 0 Å². The molecule has 0 aromatic carbocycles. The Labute approximate surface area is 114 Å². The van der Waals surface area contributed by atoms with Gasteiger partial charge < -0.3 is 4.90 Å². The van der Waals surface area contributed by atoms with Crippen molar-refractivity contribution >= 4 is 11.9 Å². The van der Waals surface area contributed by atoms with E-state index in [2.05, 4.69) is 10.8 Å². The van der Waals surface area contributed by atoms with Crippen LogP contribution in [0.1, 0.15) is 26.2 Å². The van der Waals surface area contributed by atoms with E-state index in [1.54, 1.807) is 6.92 Å². The number of likely N-dealkylation sites (tertiary alicyclic amines) is 1. The van der Waals surface area contributed by atoms with Gasteiger partial charge in [0.2, 0.25) is 5.91 Å². The SMILES string of the molecule is C#CCN1CCC(N2CCN(C(=O)CC)C2=O)CC1. The third-order valence-corrected chi connectivity index (χ3v) is 3.96. The molecule has 5 heteroatoms. The highest BCUT2D eigenvalue weighted by Gasteiger charge is 2.37. The van der Waals surface area contributed by atoms with Crippen molar-refractivity contribution < 1.29 is 9.59 Å². The Morgan fingerprint density at radius 3 is 2.58 bits per heavy atom. The van der Waals surface area contributed by atoms with Crippen molar-refractivity contribution in [3.8, 4) is 12.3 Å². The lowest BCUT2D eigenvalue weighted by Crippen LogP contribution is -2.47. The smallest absolute Gasteiger partial charge is 0.319 e. The number of amides is 3. The predicted octanol–water partition coefficient (Wildman–Crippen LogP) is 0.758. The molecular weight excluding hydrogens is 242 g/mol. The summed E-state index contributed by atoms with van der Waals surface area (Å²) in [7, 11) is 0. The Balaban J connectivity index is 1.89. The second-order valence-electron chi connectivity index (χ2n) is 5.09. The van der Waals surface area contributed by atoms with E-state index in [1.807, 2.05) is 4.90 Å². The van der Waals surface area contributed by atoms with Crippen molar-refractivity contribution in [2.75, 3.05) is 32.7 Å². The standard InChI is InChI=1S/C14H21N3O2/c1-3-7-15-8-5-12(6-9-15)16-10-11-17(14(16)19)13(18)4-2/h1,12H,4-11H2,2H3. The Bertz CT molecular complexity index is 394. The molecule has 0 N–H and O–H groups in total. The molecule has 0 aromatic rings. The van der Waals surface area contributed by atoms with Gasteiger partial charge in [-0.15, -0.1) is 6.42 Å². The molecule has 0 bridgehead atoms. The first kappa shape index (κ1) is 13.9. The monoisotopic (exact) mass is 263 g/mol. The van der Waals surface area contributed by atoms with E-state index in [-0.39, 0.29) is 18.0 Å². The van der Waals surface area contributed by atoms with E-state index in [0.717, 1.165) is 25.9 Å². The molecule has 0 aliphatic carbocycles. The van der Waals surface area contributed by atoms with Crippen molar-refractivity contribution in [2.24, 2.45) is 0 Å². The fraction of sp³-hybridized carbons (Fsp3) is 0.714. The lowest BCUT2D eigenvalue weighted by molar-refractivity contribution is -0.127. The van der Waals surface area contributed by atoms with E-state index in [4.69, 9.17) is 6.42 Å². The molecule has 0 radical (unpaired) electrons. The molecule has 2 heterocycles. The maximum Gasteiger partial charge on any atom is 0.327 e. The summed E-state index contributed by atoms with van der Waals surface area (Å²) in [5, 5.41) is 0. The molecule has 5 nitrogen and oxygen atoms in total. The second-order valence-corrected chi connectivity index (χ2v) is 5.09. The summed E-state index contributed by atoms with van der Waals surface area (Å²) < 4.78 is 0. The number of nitrogens with zero attached hydrogens (tertiary/aromatic N) is 3. The van der Waals surface area contributed by atoms with Crippen molar-refractivity contribution in [3.63, 3.8) is 0 Å². The van der Waals surface area contributed by atoms with Crippen LogP contribution in [-0.4, -0.2) is 65.4 Å². The zero-order chi connectivity index (χ0) is 13.8. The Kier molecular flexibility index (Phi) is 4.43. The zero-order valence-corrected chi connectivity index (χ0v) is 11.5. The van der Waals surface area contributed by atoms with E-state index < -0.39 is 0 Å². The van der Waals surface area contributed by atoms with Gasteiger partial charge in [-0.05, 0) is 12.8 Å². The molecule has 104 valence electrons. The zero-order valence-electron chi connectivity index (χ0n) is 11.5. The van der Waals surface area contributed by atoms with E-state index in [1.165, 1.54) is 4.90 Å². The molecule has 0 atom stereocenters. The van der Waals surface area contributed by atoms with Crippen LogP contribution in [0.2, 0.25) is 0 Å². The highest BCUT2D eigenvalue weighted by molar-refractivity contribution is 5.95. The molecule has 2 saturated heterocycles. The number of piperidine rings is 1. The fourth-order valence-electron chi connectivity index (χ4n) is 2.83. The lowest BCUT2D eigenvalue weighted by atomic mass is 10.0. The Morgan fingerprint density at radius 1 is 1.32 bits per heavy atom. The maximum absolute atomic E-state index is 12.2. The molecule has 2 aliphatic rings. The number of urea groups is 1. The van der Waals surface area contributed by atoms with Crippen molar-refractivity contribution in [1.82, 2.24) is 14.7 Å². The van der Waals surface area contributed by atoms with Crippen molar-refractivity contribution in [1.29, 1.82) is 0 Å². The van der Waals surface area contributed by atoms with Crippen LogP contribution < -0.4 is 0 Å². The number of carbonyl (C=O) groups excluding carboxylic acids is 2. The Hall–Kier alpha value is -1.54. The molecule has 19 heavy (non-hydrogen) atoms. The van der Waals surface area contributed by atoms with Gasteiger partial charge in [0, 0.05) is 38.6 Å². The third-order valence-electron chi connectivity index (χ3n) is 3.96. The van der Waals surface area contributed by atoms with Gasteiger partial charge in [-0.25, -0.2) is 4.79 Å². The van der Waals surface area contributed by atoms with Gasteiger partial charge in [0.05, 0.1) is 6.54 Å². The van der Waals surface area contributed by atoms with Crippen LogP contribution in [0.3, 0.4) is 0 Å². The number of rotatable bonds is 3. The van der Waals surface area contributed by atoms with Crippen LogP contribution in [0.5, 0.6) is 0 Å². The van der Waals surface area contributed by atoms with Gasteiger partial charge in [-0.1, -0.05) is 12.8 Å². The Morgan fingerprint density at radius 2 is 2.00 bits per heavy atom. The summed E-state index contributed by atoms with van der Waals surface area (Å²) >= 11 is 0. The highest BCUT2D eigenvalue weighted by atomic mass is 16.2. The second kappa shape index (κ2) is 6.07. The van der Waals surface area contributed by atoms with E-state index in [9.17, 15) is 9.59 Å². The van der Waals surface area contributed by atoms with Crippen LogP contribution in [0, 0.1) is 12.3 Å². The van der Waals surface area contributed by atoms with Gasteiger partial charge >= 0.3 is 6.03 Å². The summed E-state index contributed by atoms with van der Waals surface area (Å²) in [5.41, 5.74) is 0. The third kappa shape index (κ3) is 2.90. The van der Waals surface area contributed by atoms with Gasteiger partial charge in [-0.3, -0.25) is 14.6 Å². The molecule has 2 fully saturated rings. The molecular formula is C14H21N3O2. The van der Waals surface area contributed by atoms with Crippen LogP contribution in [0.25, 0.3) is 0 Å². The quantitative estimate of drug-likeness (QED) is 0.706. The van der Waals surface area contributed by atoms with Gasteiger partial charge in [0.25, 0.3) is 0 Å². The normalized spacial score (nSPS) is 21.8. The van der Waals surface area contributed by atoms with Crippen molar-refractivity contribution in [2.45, 2.75) is 32.2 Å². The molecule has 2 rings (SSSR count). The average Bonchev–Trinajstić information content (AvgIpc) is 2.81. The van der Waals surface area contributed by atoms with Crippen LogP contribution in [-0.2, 0) is 4.79 Å². The van der Waals surface area contributed by atoms with Crippen LogP contribution in [0.4, 0.5) is 4.79 Å². The molecule has 3 amide bonds. The first-order valence-electron chi connectivity index (χ1n) is 6.94. The molecule has 0 saturated carbocycles. The van der Waals surface area contributed by atoms with Crippen LogP contribution >= 0.6 is 0 Å². The number of hydrogen-bond acceptors (Lipinski definition) is 3. The van der Waals surface area contributed by atoms with Crippen molar-refractivity contribution in [3.05, 3.63) is 0 Å².